The minimum atomic E-state index is -1.09. The molecule has 2 nitrogen and oxygen atoms in total. The first-order valence-corrected chi connectivity index (χ1v) is 8.58. The number of unbranched alkanes of at least 4 members (excludes halogenated alkanes) is 4. The number of aliphatic hydroxyl groups excluding tert-OH is 1. The number of rotatable bonds is 9. The summed E-state index contributed by atoms with van der Waals surface area (Å²) in [7, 11) is 0. The van der Waals surface area contributed by atoms with E-state index in [1.807, 2.05) is 42.5 Å². The summed E-state index contributed by atoms with van der Waals surface area (Å²) < 4.78 is 0. The van der Waals surface area contributed by atoms with Crippen LogP contribution >= 0.6 is 0 Å². The van der Waals surface area contributed by atoms with Crippen LogP contribution in [0.15, 0.2) is 54.6 Å². The zero-order chi connectivity index (χ0) is 16.5. The normalized spacial score (nSPS) is 12.1. The molecule has 0 radical (unpaired) electrons. The Morgan fingerprint density at radius 1 is 0.913 bits per heavy atom. The van der Waals surface area contributed by atoms with Gasteiger partial charge < -0.3 is 5.11 Å². The topological polar surface area (TPSA) is 37.3 Å². The fourth-order valence-electron chi connectivity index (χ4n) is 2.71. The smallest absolute Gasteiger partial charge is 0.195 e. The van der Waals surface area contributed by atoms with Gasteiger partial charge in [0.2, 0.25) is 0 Å². The fraction of sp³-hybridized carbons (Fsp3) is 0.381. The number of hydrogen-bond donors (Lipinski definition) is 1. The van der Waals surface area contributed by atoms with Crippen LogP contribution in [0, 0.1) is 0 Å². The summed E-state index contributed by atoms with van der Waals surface area (Å²) in [6.45, 7) is 2.22. The van der Waals surface area contributed by atoms with Crippen LogP contribution in [-0.4, -0.2) is 10.9 Å². The first-order valence-electron chi connectivity index (χ1n) is 8.58. The number of benzene rings is 2. The summed E-state index contributed by atoms with van der Waals surface area (Å²) in [6, 6.07) is 16.7. The van der Waals surface area contributed by atoms with Crippen molar-refractivity contribution in [3.8, 4) is 0 Å². The Hall–Kier alpha value is -1.93. The molecule has 1 atom stereocenters. The zero-order valence-corrected chi connectivity index (χ0v) is 13.9. The van der Waals surface area contributed by atoms with E-state index in [2.05, 4.69) is 6.92 Å². The van der Waals surface area contributed by atoms with Crippen LogP contribution in [0.5, 0.6) is 0 Å². The second-order valence-corrected chi connectivity index (χ2v) is 6.04. The van der Waals surface area contributed by atoms with Crippen LogP contribution in [0.1, 0.15) is 66.6 Å². The molecule has 0 aliphatic heterocycles. The van der Waals surface area contributed by atoms with Gasteiger partial charge in [-0.1, -0.05) is 87.2 Å². The summed E-state index contributed by atoms with van der Waals surface area (Å²) in [4.78, 5) is 12.3. The molecule has 2 heteroatoms. The maximum Gasteiger partial charge on any atom is 0.195 e. The Labute approximate surface area is 139 Å². The quantitative estimate of drug-likeness (QED) is 0.516. The van der Waals surface area contributed by atoms with Crippen LogP contribution in [0.4, 0.5) is 0 Å². The Morgan fingerprint density at radius 2 is 1.57 bits per heavy atom. The third-order valence-electron chi connectivity index (χ3n) is 4.17. The number of hydrogen-bond acceptors (Lipinski definition) is 2. The number of carbonyl (C=O) groups is 1. The van der Waals surface area contributed by atoms with Crippen LogP contribution in [0.25, 0.3) is 0 Å². The highest BCUT2D eigenvalue weighted by atomic mass is 16.3. The van der Waals surface area contributed by atoms with Gasteiger partial charge in [-0.3, -0.25) is 4.79 Å². The lowest BCUT2D eigenvalue weighted by atomic mass is 9.98. The second kappa shape index (κ2) is 9.26. The molecule has 0 aromatic heterocycles. The second-order valence-electron chi connectivity index (χ2n) is 6.04. The van der Waals surface area contributed by atoms with Gasteiger partial charge in [-0.2, -0.15) is 0 Å². The van der Waals surface area contributed by atoms with E-state index in [1.54, 1.807) is 12.1 Å². The number of Topliss-reactive ketones (excluding diaryl/α,β-unsaturated/α-hetero) is 1. The predicted molar refractivity (Wildman–Crippen MR) is 94.6 cm³/mol. The average molecular weight is 310 g/mol. The largest absolute Gasteiger partial charge is 0.380 e. The Bertz CT molecular complexity index is 587. The van der Waals surface area contributed by atoms with Gasteiger partial charge in [-0.15, -0.1) is 0 Å². The standard InChI is InChI=1S/C21H26O2/c1-2-3-4-5-7-10-17-13-15-19(16-14-17)21(23)20(22)18-11-8-6-9-12-18/h6,8-9,11-16,21,23H,2-5,7,10H2,1H3. The minimum absolute atomic E-state index is 0.252. The summed E-state index contributed by atoms with van der Waals surface area (Å²) in [5, 5.41) is 10.3. The van der Waals surface area contributed by atoms with E-state index in [9.17, 15) is 9.90 Å². The summed E-state index contributed by atoms with van der Waals surface area (Å²) >= 11 is 0. The third kappa shape index (κ3) is 5.33. The van der Waals surface area contributed by atoms with E-state index in [0.29, 0.717) is 11.1 Å². The molecule has 0 bridgehead atoms. The van der Waals surface area contributed by atoms with Crippen molar-refractivity contribution < 1.29 is 9.90 Å². The van der Waals surface area contributed by atoms with Crippen molar-refractivity contribution in [3.63, 3.8) is 0 Å². The van der Waals surface area contributed by atoms with Crippen LogP contribution in [0.2, 0.25) is 0 Å². The lowest BCUT2D eigenvalue weighted by Gasteiger charge is -2.11. The third-order valence-corrected chi connectivity index (χ3v) is 4.17. The van der Waals surface area contributed by atoms with Crippen LogP contribution in [0.3, 0.4) is 0 Å². The van der Waals surface area contributed by atoms with Gasteiger partial charge in [0.25, 0.3) is 0 Å². The molecule has 2 aromatic rings. The molecule has 1 N–H and O–H groups in total. The molecule has 0 fully saturated rings. The lowest BCUT2D eigenvalue weighted by molar-refractivity contribution is 0.0747. The maximum absolute atomic E-state index is 12.3. The fourth-order valence-corrected chi connectivity index (χ4v) is 2.71. The summed E-state index contributed by atoms with van der Waals surface area (Å²) in [5.74, 6) is -0.252. The molecule has 0 saturated carbocycles. The zero-order valence-electron chi connectivity index (χ0n) is 13.9. The maximum atomic E-state index is 12.3. The van der Waals surface area contributed by atoms with E-state index < -0.39 is 6.10 Å². The number of aliphatic hydroxyl groups is 1. The van der Waals surface area contributed by atoms with E-state index >= 15 is 0 Å². The molecule has 0 amide bonds. The predicted octanol–water partition coefficient (Wildman–Crippen LogP) is 5.12. The van der Waals surface area contributed by atoms with Crippen molar-refractivity contribution in [2.24, 2.45) is 0 Å². The van der Waals surface area contributed by atoms with Crippen molar-refractivity contribution in [3.05, 3.63) is 71.3 Å². The molecule has 0 aliphatic carbocycles. The summed E-state index contributed by atoms with van der Waals surface area (Å²) in [5.41, 5.74) is 2.47. The monoisotopic (exact) mass is 310 g/mol. The Morgan fingerprint density at radius 3 is 2.22 bits per heavy atom. The molecule has 122 valence electrons. The first kappa shape index (κ1) is 17.4. The van der Waals surface area contributed by atoms with Crippen molar-refractivity contribution >= 4 is 5.78 Å². The molecule has 2 rings (SSSR count). The molecule has 1 unspecified atom stereocenters. The molecule has 23 heavy (non-hydrogen) atoms. The number of aryl methyl sites for hydroxylation is 1. The molecule has 0 aliphatic rings. The molecular formula is C21H26O2. The van der Waals surface area contributed by atoms with Gasteiger partial charge in [-0.25, -0.2) is 0 Å². The van der Waals surface area contributed by atoms with Crippen molar-refractivity contribution in [1.29, 1.82) is 0 Å². The van der Waals surface area contributed by atoms with Crippen molar-refractivity contribution in [2.75, 3.05) is 0 Å². The first-order chi connectivity index (χ1) is 11.2. The van der Waals surface area contributed by atoms with Gasteiger partial charge in [0.1, 0.15) is 6.10 Å². The van der Waals surface area contributed by atoms with Crippen molar-refractivity contribution in [2.45, 2.75) is 51.6 Å². The highest BCUT2D eigenvalue weighted by Crippen LogP contribution is 2.19. The van der Waals surface area contributed by atoms with Gasteiger partial charge in [0.05, 0.1) is 0 Å². The van der Waals surface area contributed by atoms with Gasteiger partial charge in [0.15, 0.2) is 5.78 Å². The van der Waals surface area contributed by atoms with E-state index in [0.717, 1.165) is 6.42 Å². The van der Waals surface area contributed by atoms with E-state index in [-0.39, 0.29) is 5.78 Å². The highest BCUT2D eigenvalue weighted by Gasteiger charge is 2.18. The Kier molecular flexibility index (Phi) is 7.02. The van der Waals surface area contributed by atoms with E-state index in [4.69, 9.17) is 0 Å². The van der Waals surface area contributed by atoms with Gasteiger partial charge >= 0.3 is 0 Å². The average Bonchev–Trinajstić information content (AvgIpc) is 2.61. The SMILES string of the molecule is CCCCCCCc1ccc(C(O)C(=O)c2ccccc2)cc1. The van der Waals surface area contributed by atoms with Crippen LogP contribution < -0.4 is 0 Å². The lowest BCUT2D eigenvalue weighted by Crippen LogP contribution is -2.12. The van der Waals surface area contributed by atoms with Gasteiger partial charge in [0, 0.05) is 5.56 Å². The summed E-state index contributed by atoms with van der Waals surface area (Å²) in [6.07, 6.45) is 6.33. The minimum Gasteiger partial charge on any atom is -0.380 e. The number of carbonyl (C=O) groups excluding carboxylic acids is 1. The molecule has 0 heterocycles. The number of ketones is 1. The Balaban J connectivity index is 1.90. The van der Waals surface area contributed by atoms with Crippen molar-refractivity contribution in [1.82, 2.24) is 0 Å². The molecule has 2 aromatic carbocycles. The molecular weight excluding hydrogens is 284 g/mol. The highest BCUT2D eigenvalue weighted by molar-refractivity contribution is 5.99. The van der Waals surface area contributed by atoms with Gasteiger partial charge in [-0.05, 0) is 24.0 Å². The molecule has 0 saturated heterocycles. The van der Waals surface area contributed by atoms with Crippen LogP contribution in [-0.2, 0) is 6.42 Å². The van der Waals surface area contributed by atoms with E-state index in [1.165, 1.54) is 37.7 Å². The molecule has 0 spiro atoms.